The Balaban J connectivity index is 0.00000361. The maximum Gasteiger partial charge on any atom is 0.104 e. The van der Waals surface area contributed by atoms with Gasteiger partial charge < -0.3 is 21.6 Å². The second-order valence-electron chi connectivity index (χ2n) is 6.45. The van der Waals surface area contributed by atoms with Gasteiger partial charge in [0.15, 0.2) is 0 Å². The molecule has 0 aromatic heterocycles. The molecule has 3 heteroatoms. The van der Waals surface area contributed by atoms with E-state index in [1.165, 1.54) is 18.4 Å². The van der Waals surface area contributed by atoms with Crippen LogP contribution in [0.15, 0.2) is 30.3 Å². The maximum absolute atomic E-state index is 5.74. The summed E-state index contributed by atoms with van der Waals surface area (Å²) in [6, 6.07) is 10.7. The molecular weight excluding hydrogens is 270 g/mol. The summed E-state index contributed by atoms with van der Waals surface area (Å²) in [5.41, 5.74) is 1.40. The minimum Gasteiger partial charge on any atom is -1.00 e. The van der Waals surface area contributed by atoms with E-state index < -0.39 is 0 Å². The third kappa shape index (κ3) is 9.35. The second-order valence-corrected chi connectivity index (χ2v) is 6.45. The summed E-state index contributed by atoms with van der Waals surface area (Å²) in [6.45, 7) is 8.42. The largest absolute Gasteiger partial charge is 1.00 e. The van der Waals surface area contributed by atoms with E-state index in [9.17, 15) is 0 Å². The minimum absolute atomic E-state index is 0. The van der Waals surface area contributed by atoms with Gasteiger partial charge in [0.05, 0.1) is 20.7 Å². The van der Waals surface area contributed by atoms with Crippen LogP contribution in [-0.4, -0.2) is 38.3 Å². The molecule has 0 radical (unpaired) electrons. The molecule has 0 heterocycles. The highest BCUT2D eigenvalue weighted by molar-refractivity contribution is 5.13. The standard InChI is InChI=1S/C17H30NO.ClH/c1-16(2)9-8-13-19-14-12-18(3,4)15-17-10-6-5-7-11-17;/h5-7,10-11,16H,8-9,12-15H2,1-4H3;1H/q+1;/p-1. The summed E-state index contributed by atoms with van der Waals surface area (Å²) in [5.74, 6) is 0.786. The van der Waals surface area contributed by atoms with Crippen molar-refractivity contribution in [3.05, 3.63) is 35.9 Å². The summed E-state index contributed by atoms with van der Waals surface area (Å²) in [7, 11) is 4.54. The van der Waals surface area contributed by atoms with Crippen molar-refractivity contribution in [2.45, 2.75) is 33.2 Å². The molecule has 0 aliphatic carbocycles. The van der Waals surface area contributed by atoms with Crippen LogP contribution in [-0.2, 0) is 11.3 Å². The molecule has 0 saturated carbocycles. The molecule has 1 rings (SSSR count). The van der Waals surface area contributed by atoms with Crippen molar-refractivity contribution in [1.29, 1.82) is 0 Å². The van der Waals surface area contributed by atoms with Crippen LogP contribution in [0.4, 0.5) is 0 Å². The number of halogens is 1. The number of rotatable bonds is 9. The zero-order valence-electron chi connectivity index (χ0n) is 13.4. The summed E-state index contributed by atoms with van der Waals surface area (Å²) in [6.07, 6.45) is 2.45. The Morgan fingerprint density at radius 2 is 1.70 bits per heavy atom. The van der Waals surface area contributed by atoms with Crippen molar-refractivity contribution in [3.63, 3.8) is 0 Å². The summed E-state index contributed by atoms with van der Waals surface area (Å²) in [5, 5.41) is 0. The lowest BCUT2D eigenvalue weighted by atomic mass is 10.1. The van der Waals surface area contributed by atoms with Crippen molar-refractivity contribution >= 4 is 0 Å². The van der Waals surface area contributed by atoms with Crippen molar-refractivity contribution in [2.75, 3.05) is 33.9 Å². The van der Waals surface area contributed by atoms with Crippen LogP contribution in [0.1, 0.15) is 32.3 Å². The number of hydrogen-bond acceptors (Lipinski definition) is 1. The fourth-order valence-corrected chi connectivity index (χ4v) is 2.16. The first-order chi connectivity index (χ1) is 8.99. The molecule has 0 aliphatic heterocycles. The number of ether oxygens (including phenoxy) is 1. The Morgan fingerprint density at radius 3 is 2.30 bits per heavy atom. The summed E-state index contributed by atoms with van der Waals surface area (Å²) < 4.78 is 6.72. The quantitative estimate of drug-likeness (QED) is 0.482. The van der Waals surface area contributed by atoms with Gasteiger partial charge >= 0.3 is 0 Å². The number of nitrogens with zero attached hydrogens (tertiary/aromatic N) is 1. The molecule has 0 aliphatic rings. The Kier molecular flexibility index (Phi) is 9.91. The highest BCUT2D eigenvalue weighted by Crippen LogP contribution is 2.09. The molecule has 116 valence electrons. The van der Waals surface area contributed by atoms with E-state index >= 15 is 0 Å². The fraction of sp³-hybridized carbons (Fsp3) is 0.647. The van der Waals surface area contributed by atoms with Gasteiger partial charge in [0.1, 0.15) is 13.1 Å². The van der Waals surface area contributed by atoms with Crippen LogP contribution in [0, 0.1) is 5.92 Å². The average molecular weight is 300 g/mol. The van der Waals surface area contributed by atoms with Crippen molar-refractivity contribution in [3.8, 4) is 0 Å². The van der Waals surface area contributed by atoms with Crippen LogP contribution >= 0.6 is 0 Å². The normalized spacial score (nSPS) is 11.4. The number of likely N-dealkylation sites (N-methyl/N-ethyl adjacent to an activating group) is 1. The Labute approximate surface area is 131 Å². The van der Waals surface area contributed by atoms with E-state index in [4.69, 9.17) is 4.74 Å². The van der Waals surface area contributed by atoms with Gasteiger partial charge in [-0.2, -0.15) is 0 Å². The molecule has 0 spiro atoms. The lowest BCUT2D eigenvalue weighted by Gasteiger charge is -2.29. The average Bonchev–Trinajstić information content (AvgIpc) is 2.34. The SMILES string of the molecule is CC(C)CCCOCC[N+](C)(C)Cc1ccccc1.[Cl-]. The minimum atomic E-state index is 0. The lowest BCUT2D eigenvalue weighted by Crippen LogP contribution is -3.00. The summed E-state index contributed by atoms with van der Waals surface area (Å²) in [4.78, 5) is 0. The van der Waals surface area contributed by atoms with Crippen molar-refractivity contribution in [1.82, 2.24) is 0 Å². The van der Waals surface area contributed by atoms with Crippen LogP contribution in [0.5, 0.6) is 0 Å². The van der Waals surface area contributed by atoms with E-state index in [1.807, 2.05) is 0 Å². The molecule has 0 bridgehead atoms. The molecule has 0 fully saturated rings. The first-order valence-electron chi connectivity index (χ1n) is 7.43. The zero-order valence-corrected chi connectivity index (χ0v) is 14.2. The topological polar surface area (TPSA) is 9.23 Å². The molecule has 0 N–H and O–H groups in total. The van der Waals surface area contributed by atoms with Crippen molar-refractivity contribution in [2.24, 2.45) is 5.92 Å². The monoisotopic (exact) mass is 299 g/mol. The predicted molar refractivity (Wildman–Crippen MR) is 82.0 cm³/mol. The van der Waals surface area contributed by atoms with Crippen LogP contribution in [0.2, 0.25) is 0 Å². The Morgan fingerprint density at radius 1 is 1.05 bits per heavy atom. The second kappa shape index (κ2) is 10.2. The van der Waals surface area contributed by atoms with Gasteiger partial charge in [0.2, 0.25) is 0 Å². The molecule has 1 aromatic rings. The highest BCUT2D eigenvalue weighted by atomic mass is 35.5. The first-order valence-corrected chi connectivity index (χ1v) is 7.43. The number of benzene rings is 1. The van der Waals surface area contributed by atoms with Gasteiger partial charge in [-0.05, 0) is 18.8 Å². The predicted octanol–water partition coefficient (Wildman–Crippen LogP) is 0.720. The van der Waals surface area contributed by atoms with Crippen LogP contribution < -0.4 is 12.4 Å². The third-order valence-corrected chi connectivity index (χ3v) is 3.36. The van der Waals surface area contributed by atoms with Gasteiger partial charge in [-0.1, -0.05) is 44.2 Å². The van der Waals surface area contributed by atoms with Crippen LogP contribution in [0.3, 0.4) is 0 Å². The Hall–Kier alpha value is -0.570. The third-order valence-electron chi connectivity index (χ3n) is 3.36. The van der Waals surface area contributed by atoms with E-state index in [0.29, 0.717) is 0 Å². The number of quaternary nitrogens is 1. The van der Waals surface area contributed by atoms with Gasteiger partial charge in [0.25, 0.3) is 0 Å². The van der Waals surface area contributed by atoms with Gasteiger partial charge in [-0.15, -0.1) is 0 Å². The van der Waals surface area contributed by atoms with Crippen molar-refractivity contribution < 1.29 is 21.6 Å². The molecule has 2 nitrogen and oxygen atoms in total. The van der Waals surface area contributed by atoms with Crippen LogP contribution in [0.25, 0.3) is 0 Å². The molecule has 1 aromatic carbocycles. The maximum atomic E-state index is 5.74. The van der Waals surface area contributed by atoms with E-state index in [0.717, 1.165) is 36.7 Å². The molecule has 20 heavy (non-hydrogen) atoms. The molecular formula is C17H30ClNO. The molecule has 0 amide bonds. The lowest BCUT2D eigenvalue weighted by molar-refractivity contribution is -0.904. The highest BCUT2D eigenvalue weighted by Gasteiger charge is 2.15. The smallest absolute Gasteiger partial charge is 0.104 e. The van der Waals surface area contributed by atoms with Gasteiger partial charge in [-0.3, -0.25) is 0 Å². The van der Waals surface area contributed by atoms with Gasteiger partial charge in [-0.25, -0.2) is 0 Å². The molecule has 0 saturated heterocycles. The first kappa shape index (κ1) is 19.4. The fourth-order valence-electron chi connectivity index (χ4n) is 2.16. The van der Waals surface area contributed by atoms with E-state index in [2.05, 4.69) is 58.3 Å². The molecule has 0 atom stereocenters. The number of hydrogen-bond donors (Lipinski definition) is 0. The zero-order chi connectivity index (χ0) is 14.1. The summed E-state index contributed by atoms with van der Waals surface area (Å²) >= 11 is 0. The Bertz CT molecular complexity index is 338. The van der Waals surface area contributed by atoms with Gasteiger partial charge in [0, 0.05) is 12.2 Å². The molecule has 0 unspecified atom stereocenters. The van der Waals surface area contributed by atoms with E-state index in [-0.39, 0.29) is 12.4 Å². The van der Waals surface area contributed by atoms with E-state index in [1.54, 1.807) is 0 Å².